The molecule has 0 radical (unpaired) electrons. The molecule has 0 saturated carbocycles. The van der Waals surface area contributed by atoms with Gasteiger partial charge in [-0.15, -0.1) is 0 Å². The van der Waals surface area contributed by atoms with Crippen LogP contribution < -0.4 is 10.6 Å². The van der Waals surface area contributed by atoms with E-state index in [0.29, 0.717) is 17.6 Å². The van der Waals surface area contributed by atoms with Crippen molar-refractivity contribution in [2.75, 3.05) is 37.8 Å². The zero-order valence-corrected chi connectivity index (χ0v) is 11.3. The third-order valence-electron chi connectivity index (χ3n) is 3.69. The molecule has 1 atom stereocenters. The first kappa shape index (κ1) is 12.2. The third-order valence-corrected chi connectivity index (χ3v) is 3.69. The van der Waals surface area contributed by atoms with Crippen LogP contribution in [0.1, 0.15) is 12.8 Å². The van der Waals surface area contributed by atoms with Crippen molar-refractivity contribution < 1.29 is 0 Å². The van der Waals surface area contributed by atoms with Gasteiger partial charge in [-0.25, -0.2) is 4.98 Å². The summed E-state index contributed by atoms with van der Waals surface area (Å²) in [5, 5.41) is 6.38. The van der Waals surface area contributed by atoms with E-state index < -0.39 is 0 Å². The van der Waals surface area contributed by atoms with Crippen molar-refractivity contribution >= 4 is 22.9 Å². The van der Waals surface area contributed by atoms with Crippen LogP contribution in [0, 0.1) is 0 Å². The van der Waals surface area contributed by atoms with Crippen molar-refractivity contribution in [3.05, 3.63) is 6.33 Å². The summed E-state index contributed by atoms with van der Waals surface area (Å²) in [5.74, 6) is 1.40. The van der Waals surface area contributed by atoms with E-state index in [1.807, 2.05) is 7.05 Å². The highest BCUT2D eigenvalue weighted by Gasteiger charge is 2.21. The molecule has 2 aromatic rings. The van der Waals surface area contributed by atoms with Gasteiger partial charge < -0.3 is 20.5 Å². The van der Waals surface area contributed by atoms with E-state index in [-0.39, 0.29) is 0 Å². The highest BCUT2D eigenvalue weighted by atomic mass is 15.2. The van der Waals surface area contributed by atoms with E-state index in [1.165, 1.54) is 19.4 Å². The number of aromatic amines is 1. The van der Waals surface area contributed by atoms with Gasteiger partial charge in [0.1, 0.15) is 5.52 Å². The molecule has 0 aliphatic carbocycles. The predicted octanol–water partition coefficient (Wildman–Crippen LogP) is 0.901. The minimum atomic E-state index is 0.575. The lowest BCUT2D eigenvalue weighted by molar-refractivity contribution is 0.322. The van der Waals surface area contributed by atoms with Gasteiger partial charge in [-0.3, -0.25) is 0 Å². The van der Waals surface area contributed by atoms with E-state index in [4.69, 9.17) is 0 Å². The van der Waals surface area contributed by atoms with Crippen LogP contribution in [-0.2, 0) is 0 Å². The number of aromatic nitrogens is 4. The SMILES string of the molecule is CNc1nc(NCC2CCCN2C)c2[nH]cnc2n1. The number of fused-ring (bicyclic) bond motifs is 1. The van der Waals surface area contributed by atoms with Crippen LogP contribution in [0.5, 0.6) is 0 Å². The summed E-state index contributed by atoms with van der Waals surface area (Å²) in [6.07, 6.45) is 4.15. The topological polar surface area (TPSA) is 81.8 Å². The lowest BCUT2D eigenvalue weighted by Crippen LogP contribution is -2.31. The summed E-state index contributed by atoms with van der Waals surface area (Å²) >= 11 is 0. The van der Waals surface area contributed by atoms with Crippen LogP contribution in [-0.4, -0.2) is 58.1 Å². The first-order chi connectivity index (χ1) is 9.28. The molecular formula is C12H19N7. The molecule has 3 rings (SSSR count). The monoisotopic (exact) mass is 261 g/mol. The Balaban J connectivity index is 1.81. The number of likely N-dealkylation sites (N-methyl/N-ethyl adjacent to an activating group) is 1. The molecule has 7 nitrogen and oxygen atoms in total. The Kier molecular flexibility index (Phi) is 3.20. The van der Waals surface area contributed by atoms with Gasteiger partial charge in [-0.05, 0) is 26.4 Å². The molecule has 19 heavy (non-hydrogen) atoms. The molecule has 1 aliphatic rings. The average Bonchev–Trinajstić information content (AvgIpc) is 3.04. The molecule has 2 aromatic heterocycles. The minimum absolute atomic E-state index is 0.575. The standard InChI is InChI=1S/C12H19N7/c1-13-12-17-10(9-11(18-12)16-7-15-9)14-6-8-4-3-5-19(8)2/h7-8H,3-6H2,1-2H3,(H3,13,14,15,16,17,18). The van der Waals surface area contributed by atoms with Crippen molar-refractivity contribution in [1.82, 2.24) is 24.8 Å². The van der Waals surface area contributed by atoms with Crippen molar-refractivity contribution in [1.29, 1.82) is 0 Å². The molecule has 1 unspecified atom stereocenters. The Morgan fingerprint density at radius 3 is 3.11 bits per heavy atom. The number of nitrogens with one attached hydrogen (secondary N) is 3. The summed E-state index contributed by atoms with van der Waals surface area (Å²) < 4.78 is 0. The van der Waals surface area contributed by atoms with Crippen LogP contribution >= 0.6 is 0 Å². The summed E-state index contributed by atoms with van der Waals surface area (Å²) in [6, 6.07) is 0.575. The first-order valence-corrected chi connectivity index (χ1v) is 6.61. The molecule has 1 fully saturated rings. The summed E-state index contributed by atoms with van der Waals surface area (Å²) in [7, 11) is 3.98. The number of anilines is 2. The van der Waals surface area contributed by atoms with Gasteiger partial charge >= 0.3 is 0 Å². The maximum Gasteiger partial charge on any atom is 0.226 e. The van der Waals surface area contributed by atoms with Crippen molar-refractivity contribution in [3.63, 3.8) is 0 Å². The average molecular weight is 261 g/mol. The van der Waals surface area contributed by atoms with Gasteiger partial charge in [-0.2, -0.15) is 9.97 Å². The molecule has 0 bridgehead atoms. The Hall–Kier alpha value is -1.89. The fourth-order valence-electron chi connectivity index (χ4n) is 2.52. The highest BCUT2D eigenvalue weighted by molar-refractivity contribution is 5.83. The van der Waals surface area contributed by atoms with Gasteiger partial charge in [0.25, 0.3) is 0 Å². The third kappa shape index (κ3) is 2.33. The number of hydrogen-bond donors (Lipinski definition) is 3. The van der Waals surface area contributed by atoms with Gasteiger partial charge in [0.15, 0.2) is 11.5 Å². The zero-order valence-electron chi connectivity index (χ0n) is 11.3. The second-order valence-corrected chi connectivity index (χ2v) is 4.90. The van der Waals surface area contributed by atoms with Crippen molar-refractivity contribution in [2.24, 2.45) is 0 Å². The van der Waals surface area contributed by atoms with Crippen LogP contribution in [0.2, 0.25) is 0 Å². The van der Waals surface area contributed by atoms with E-state index >= 15 is 0 Å². The summed E-state index contributed by atoms with van der Waals surface area (Å²) in [5.41, 5.74) is 1.54. The maximum absolute atomic E-state index is 4.45. The summed E-state index contributed by atoms with van der Waals surface area (Å²) in [4.78, 5) is 18.4. The highest BCUT2D eigenvalue weighted by Crippen LogP contribution is 2.20. The van der Waals surface area contributed by atoms with E-state index in [9.17, 15) is 0 Å². The molecule has 102 valence electrons. The van der Waals surface area contributed by atoms with Gasteiger partial charge in [0.2, 0.25) is 5.95 Å². The van der Waals surface area contributed by atoms with Crippen LogP contribution in [0.15, 0.2) is 6.33 Å². The van der Waals surface area contributed by atoms with Crippen LogP contribution in [0.25, 0.3) is 11.2 Å². The molecule has 0 amide bonds. The second-order valence-electron chi connectivity index (χ2n) is 4.90. The van der Waals surface area contributed by atoms with Gasteiger partial charge in [-0.1, -0.05) is 0 Å². The zero-order chi connectivity index (χ0) is 13.2. The number of likely N-dealkylation sites (tertiary alicyclic amines) is 1. The minimum Gasteiger partial charge on any atom is -0.367 e. The maximum atomic E-state index is 4.45. The number of nitrogens with zero attached hydrogens (tertiary/aromatic N) is 4. The Morgan fingerprint density at radius 1 is 1.47 bits per heavy atom. The predicted molar refractivity (Wildman–Crippen MR) is 75.4 cm³/mol. The summed E-state index contributed by atoms with van der Waals surface area (Å²) in [6.45, 7) is 2.07. The fraction of sp³-hybridized carbons (Fsp3) is 0.583. The van der Waals surface area contributed by atoms with E-state index in [1.54, 1.807) is 6.33 Å². The molecule has 1 saturated heterocycles. The lowest BCUT2D eigenvalue weighted by atomic mass is 10.2. The van der Waals surface area contributed by atoms with Crippen LogP contribution in [0.3, 0.4) is 0 Å². The lowest BCUT2D eigenvalue weighted by Gasteiger charge is -2.20. The van der Waals surface area contributed by atoms with E-state index in [0.717, 1.165) is 17.9 Å². The quantitative estimate of drug-likeness (QED) is 0.758. The molecule has 0 aromatic carbocycles. The Bertz CT molecular complexity index is 564. The van der Waals surface area contributed by atoms with Crippen molar-refractivity contribution in [2.45, 2.75) is 18.9 Å². The first-order valence-electron chi connectivity index (χ1n) is 6.61. The Labute approximate surface area is 111 Å². The molecule has 1 aliphatic heterocycles. The van der Waals surface area contributed by atoms with E-state index in [2.05, 4.69) is 42.5 Å². The molecular weight excluding hydrogens is 242 g/mol. The van der Waals surface area contributed by atoms with Crippen molar-refractivity contribution in [3.8, 4) is 0 Å². The fourth-order valence-corrected chi connectivity index (χ4v) is 2.52. The molecule has 7 heteroatoms. The number of hydrogen-bond acceptors (Lipinski definition) is 6. The molecule has 0 spiro atoms. The Morgan fingerprint density at radius 2 is 2.37 bits per heavy atom. The molecule has 3 N–H and O–H groups in total. The second kappa shape index (κ2) is 5.00. The number of H-pyrrole nitrogens is 1. The van der Waals surface area contributed by atoms with Gasteiger partial charge in [0, 0.05) is 19.6 Å². The molecule has 3 heterocycles. The number of imidazole rings is 1. The van der Waals surface area contributed by atoms with Crippen LogP contribution in [0.4, 0.5) is 11.8 Å². The number of rotatable bonds is 4. The largest absolute Gasteiger partial charge is 0.367 e. The normalized spacial score (nSPS) is 20.0. The smallest absolute Gasteiger partial charge is 0.226 e. The van der Waals surface area contributed by atoms with Gasteiger partial charge in [0.05, 0.1) is 6.33 Å².